The second kappa shape index (κ2) is 11.3. The molecule has 8 heteroatoms. The van der Waals surface area contributed by atoms with E-state index in [0.717, 1.165) is 57.5 Å². The van der Waals surface area contributed by atoms with Crippen LogP contribution in [0.3, 0.4) is 0 Å². The Morgan fingerprint density at radius 2 is 1.60 bits per heavy atom. The lowest BCUT2D eigenvalue weighted by atomic mass is 9.87. The lowest BCUT2D eigenvalue weighted by Crippen LogP contribution is -2.48. The molecule has 2 saturated heterocycles. The number of phenols is 1. The molecule has 0 spiro atoms. The smallest absolute Gasteiger partial charge is 0.246 e. The number of benzene rings is 2. The summed E-state index contributed by atoms with van der Waals surface area (Å²) in [4.78, 5) is 16.6. The van der Waals surface area contributed by atoms with Gasteiger partial charge in [-0.25, -0.2) is 13.2 Å². The van der Waals surface area contributed by atoms with Gasteiger partial charge in [0.1, 0.15) is 5.75 Å². The summed E-state index contributed by atoms with van der Waals surface area (Å²) in [5.41, 5.74) is 7.92. The van der Waals surface area contributed by atoms with Gasteiger partial charge in [-0.3, -0.25) is 4.79 Å². The Kier molecular flexibility index (Phi) is 8.13. The van der Waals surface area contributed by atoms with Crippen molar-refractivity contribution in [3.63, 3.8) is 0 Å². The molecule has 2 fully saturated rings. The van der Waals surface area contributed by atoms with E-state index in [0.29, 0.717) is 30.7 Å². The van der Waals surface area contributed by atoms with E-state index in [1.165, 1.54) is 17.7 Å². The number of carbonyl (C=O) groups is 1. The summed E-state index contributed by atoms with van der Waals surface area (Å²) >= 11 is 0. The Bertz CT molecular complexity index is 1020. The summed E-state index contributed by atoms with van der Waals surface area (Å²) in [6.07, 6.45) is 6.32. The molecule has 4 rings (SSSR count). The minimum atomic E-state index is -1.52. The van der Waals surface area contributed by atoms with Crippen molar-refractivity contribution >= 4 is 12.0 Å². The number of carbonyl (C=O) groups excluding carboxylic acids is 1. The van der Waals surface area contributed by atoms with Gasteiger partial charge in [-0.2, -0.15) is 0 Å². The summed E-state index contributed by atoms with van der Waals surface area (Å²) < 4.78 is 39.8. The highest BCUT2D eigenvalue weighted by Gasteiger charge is 2.28. The zero-order valence-corrected chi connectivity index (χ0v) is 19.7. The number of nitrogens with zero attached hydrogens (tertiary/aromatic N) is 2. The van der Waals surface area contributed by atoms with Crippen molar-refractivity contribution in [2.75, 3.05) is 32.7 Å². The van der Waals surface area contributed by atoms with Crippen LogP contribution in [0.2, 0.25) is 0 Å². The predicted octanol–water partition coefficient (Wildman–Crippen LogP) is 4.27. The fourth-order valence-corrected chi connectivity index (χ4v) is 5.13. The number of rotatable bonds is 6. The van der Waals surface area contributed by atoms with E-state index >= 15 is 0 Å². The van der Waals surface area contributed by atoms with Gasteiger partial charge in [0.05, 0.1) is 0 Å². The predicted molar refractivity (Wildman–Crippen MR) is 129 cm³/mol. The van der Waals surface area contributed by atoms with E-state index in [2.05, 4.69) is 4.90 Å². The number of amides is 1. The minimum Gasteiger partial charge on any atom is -0.508 e. The van der Waals surface area contributed by atoms with Crippen molar-refractivity contribution in [3.8, 4) is 5.75 Å². The van der Waals surface area contributed by atoms with Crippen LogP contribution in [-0.4, -0.2) is 59.6 Å². The van der Waals surface area contributed by atoms with Gasteiger partial charge in [0.15, 0.2) is 17.5 Å². The second-order valence-electron chi connectivity index (χ2n) is 9.62. The molecule has 2 aliphatic heterocycles. The van der Waals surface area contributed by atoms with E-state index in [9.17, 15) is 23.1 Å². The number of aromatic hydroxyl groups is 1. The quantitative estimate of drug-likeness (QED) is 0.472. The van der Waals surface area contributed by atoms with Crippen molar-refractivity contribution in [1.29, 1.82) is 0 Å². The standard InChI is InChI=1S/C27H32F3N3O2/c28-23-15-18(16-24(29)27(23)30)1-6-26(35)33-13-9-21(10-14-33)25(31)17-32-11-7-20(8-12-32)19-2-4-22(34)5-3-19/h1-6,15-16,20-21,25,34H,7-14,17,31H2/b6-1+. The number of likely N-dealkylation sites (tertiary alicyclic amines) is 2. The molecule has 5 nitrogen and oxygen atoms in total. The molecule has 2 aromatic carbocycles. The highest BCUT2D eigenvalue weighted by molar-refractivity contribution is 5.91. The van der Waals surface area contributed by atoms with Crippen LogP contribution in [0.15, 0.2) is 42.5 Å². The van der Waals surface area contributed by atoms with Gasteiger partial charge in [0.25, 0.3) is 0 Å². The molecule has 1 amide bonds. The molecule has 0 radical (unpaired) electrons. The Morgan fingerprint density at radius 1 is 1.00 bits per heavy atom. The van der Waals surface area contributed by atoms with Crippen molar-refractivity contribution in [2.45, 2.75) is 37.6 Å². The highest BCUT2D eigenvalue weighted by atomic mass is 19.2. The molecule has 3 N–H and O–H groups in total. The topological polar surface area (TPSA) is 69.8 Å². The van der Waals surface area contributed by atoms with Crippen molar-refractivity contribution in [1.82, 2.24) is 9.80 Å². The van der Waals surface area contributed by atoms with E-state index in [1.807, 2.05) is 12.1 Å². The monoisotopic (exact) mass is 487 g/mol. The van der Waals surface area contributed by atoms with Crippen LogP contribution in [0, 0.1) is 23.4 Å². The Labute approximate surface area is 204 Å². The molecular weight excluding hydrogens is 455 g/mol. The van der Waals surface area contributed by atoms with E-state index < -0.39 is 17.5 Å². The maximum Gasteiger partial charge on any atom is 0.246 e. The molecule has 1 unspecified atom stereocenters. The number of hydrogen-bond acceptors (Lipinski definition) is 4. The third-order valence-electron chi connectivity index (χ3n) is 7.30. The maximum absolute atomic E-state index is 13.3. The van der Waals surface area contributed by atoms with Gasteiger partial charge in [0.2, 0.25) is 5.91 Å². The Balaban J connectivity index is 1.21. The first-order chi connectivity index (χ1) is 16.8. The molecule has 35 heavy (non-hydrogen) atoms. The maximum atomic E-state index is 13.3. The molecular formula is C27H32F3N3O2. The summed E-state index contributed by atoms with van der Waals surface area (Å²) in [7, 11) is 0. The van der Waals surface area contributed by atoms with Crippen LogP contribution in [-0.2, 0) is 4.79 Å². The number of piperidine rings is 2. The number of halogens is 3. The van der Waals surface area contributed by atoms with Gasteiger partial charge in [-0.1, -0.05) is 12.1 Å². The number of phenolic OH excluding ortho intramolecular Hbond substituents is 1. The van der Waals surface area contributed by atoms with Crippen molar-refractivity contribution in [2.24, 2.45) is 11.7 Å². The summed E-state index contributed by atoms with van der Waals surface area (Å²) in [6.45, 7) is 3.98. The average Bonchev–Trinajstić information content (AvgIpc) is 2.87. The van der Waals surface area contributed by atoms with Gasteiger partial charge in [-0.05, 0) is 92.1 Å². The lowest BCUT2D eigenvalue weighted by molar-refractivity contribution is -0.127. The zero-order valence-electron chi connectivity index (χ0n) is 19.7. The Morgan fingerprint density at radius 3 is 2.20 bits per heavy atom. The zero-order chi connectivity index (χ0) is 24.9. The SMILES string of the molecule is NC(CN1CCC(c2ccc(O)cc2)CC1)C1CCN(C(=O)/C=C/c2cc(F)c(F)c(F)c2)CC1. The van der Waals surface area contributed by atoms with Crippen molar-refractivity contribution in [3.05, 3.63) is 71.1 Å². The van der Waals surface area contributed by atoms with Crippen LogP contribution >= 0.6 is 0 Å². The highest BCUT2D eigenvalue weighted by Crippen LogP contribution is 2.30. The van der Waals surface area contributed by atoms with Gasteiger partial charge < -0.3 is 20.6 Å². The molecule has 1 atom stereocenters. The minimum absolute atomic E-state index is 0.0400. The van der Waals surface area contributed by atoms with Crippen molar-refractivity contribution < 1.29 is 23.1 Å². The largest absolute Gasteiger partial charge is 0.508 e. The molecule has 2 aliphatic rings. The normalized spacial score (nSPS) is 19.4. The van der Waals surface area contributed by atoms with Gasteiger partial charge in [0, 0.05) is 31.8 Å². The molecule has 0 bridgehead atoms. The van der Waals surface area contributed by atoms with Crippen LogP contribution < -0.4 is 5.73 Å². The van der Waals surface area contributed by atoms with Crippen LogP contribution in [0.4, 0.5) is 13.2 Å². The third-order valence-corrected chi connectivity index (χ3v) is 7.30. The fraction of sp³-hybridized carbons (Fsp3) is 0.444. The first-order valence-corrected chi connectivity index (χ1v) is 12.2. The van der Waals surface area contributed by atoms with Gasteiger partial charge in [-0.15, -0.1) is 0 Å². The van der Waals surface area contributed by atoms with E-state index in [4.69, 9.17) is 5.73 Å². The number of hydrogen-bond donors (Lipinski definition) is 2. The van der Waals surface area contributed by atoms with Crippen LogP contribution in [0.25, 0.3) is 6.08 Å². The average molecular weight is 488 g/mol. The fourth-order valence-electron chi connectivity index (χ4n) is 5.13. The molecule has 0 saturated carbocycles. The molecule has 0 aromatic heterocycles. The van der Waals surface area contributed by atoms with E-state index in [1.54, 1.807) is 17.0 Å². The molecule has 2 heterocycles. The summed E-state index contributed by atoms with van der Waals surface area (Å²) in [5.74, 6) is -3.19. The lowest BCUT2D eigenvalue weighted by Gasteiger charge is -2.38. The molecule has 0 aliphatic carbocycles. The molecule has 188 valence electrons. The summed E-state index contributed by atoms with van der Waals surface area (Å²) in [6, 6.07) is 9.25. The summed E-state index contributed by atoms with van der Waals surface area (Å²) in [5, 5.41) is 9.48. The van der Waals surface area contributed by atoms with E-state index in [-0.39, 0.29) is 17.5 Å². The Hall–Kier alpha value is -2.84. The molecule has 2 aromatic rings. The van der Waals surface area contributed by atoms with Crippen LogP contribution in [0.1, 0.15) is 42.7 Å². The third kappa shape index (κ3) is 6.44. The van der Waals surface area contributed by atoms with Crippen LogP contribution in [0.5, 0.6) is 5.75 Å². The number of nitrogens with two attached hydrogens (primary N) is 1. The first-order valence-electron chi connectivity index (χ1n) is 12.2. The van der Waals surface area contributed by atoms with Gasteiger partial charge >= 0.3 is 0 Å². The second-order valence-corrected chi connectivity index (χ2v) is 9.62. The first kappa shape index (κ1) is 25.3.